The van der Waals surface area contributed by atoms with Crippen molar-refractivity contribution in [2.75, 3.05) is 33.3 Å². The van der Waals surface area contributed by atoms with Crippen molar-refractivity contribution in [2.45, 2.75) is 31.3 Å². The number of aryl methyl sites for hydroxylation is 1. The van der Waals surface area contributed by atoms with E-state index in [0.29, 0.717) is 19.7 Å². The van der Waals surface area contributed by atoms with Crippen LogP contribution in [0.3, 0.4) is 0 Å². The van der Waals surface area contributed by atoms with E-state index in [-0.39, 0.29) is 23.5 Å². The summed E-state index contributed by atoms with van der Waals surface area (Å²) < 4.78 is 31.7. The fourth-order valence-electron chi connectivity index (χ4n) is 2.46. The molecule has 0 bridgehead atoms. The summed E-state index contributed by atoms with van der Waals surface area (Å²) >= 11 is 0. The number of rotatable bonds is 5. The highest BCUT2D eigenvalue weighted by Crippen LogP contribution is 2.16. The average Bonchev–Trinajstić information content (AvgIpc) is 2.55. The summed E-state index contributed by atoms with van der Waals surface area (Å²) in [5, 5.41) is 0. The monoisotopic (exact) mass is 340 g/mol. The fourth-order valence-corrected chi connectivity index (χ4v) is 3.58. The first-order valence-electron chi connectivity index (χ1n) is 7.77. The van der Waals surface area contributed by atoms with Crippen LogP contribution in [0.25, 0.3) is 0 Å². The first-order chi connectivity index (χ1) is 10.8. The zero-order valence-electron chi connectivity index (χ0n) is 13.9. The summed E-state index contributed by atoms with van der Waals surface area (Å²) in [5.74, 6) is -0.190. The van der Waals surface area contributed by atoms with E-state index in [0.717, 1.165) is 16.3 Å². The first kappa shape index (κ1) is 17.9. The summed E-state index contributed by atoms with van der Waals surface area (Å²) in [4.78, 5) is 14.2. The molecule has 1 amide bonds. The molecule has 128 valence electrons. The molecule has 1 unspecified atom stereocenters. The van der Waals surface area contributed by atoms with Gasteiger partial charge in [-0.1, -0.05) is 24.6 Å². The number of sulfonamides is 1. The van der Waals surface area contributed by atoms with E-state index in [2.05, 4.69) is 0 Å². The minimum Gasteiger partial charge on any atom is -0.375 e. The predicted molar refractivity (Wildman–Crippen MR) is 87.6 cm³/mol. The molecule has 1 heterocycles. The average molecular weight is 340 g/mol. The highest BCUT2D eigenvalue weighted by atomic mass is 32.2. The summed E-state index contributed by atoms with van der Waals surface area (Å²) in [5.41, 5.74) is 0.988. The van der Waals surface area contributed by atoms with E-state index < -0.39 is 10.0 Å². The predicted octanol–water partition coefficient (Wildman–Crippen LogP) is 1.25. The third kappa shape index (κ3) is 4.31. The van der Waals surface area contributed by atoms with Gasteiger partial charge in [-0.2, -0.15) is 4.31 Å². The summed E-state index contributed by atoms with van der Waals surface area (Å²) in [7, 11) is -2.22. The van der Waals surface area contributed by atoms with Crippen molar-refractivity contribution in [3.63, 3.8) is 0 Å². The molecule has 1 aliphatic heterocycles. The maximum atomic E-state index is 12.5. The van der Waals surface area contributed by atoms with Crippen LogP contribution in [-0.4, -0.2) is 62.9 Å². The molecule has 1 aliphatic rings. The maximum absolute atomic E-state index is 12.5. The number of hydrogen-bond donors (Lipinski definition) is 0. The van der Waals surface area contributed by atoms with Crippen LogP contribution in [0.4, 0.5) is 0 Å². The Morgan fingerprint density at radius 2 is 2.00 bits per heavy atom. The molecule has 7 heteroatoms. The van der Waals surface area contributed by atoms with Crippen molar-refractivity contribution in [3.8, 4) is 0 Å². The second-order valence-electron chi connectivity index (χ2n) is 5.81. The number of morpholine rings is 1. The molecule has 1 fully saturated rings. The summed E-state index contributed by atoms with van der Waals surface area (Å²) in [6.07, 6.45) is 0.869. The number of carbonyl (C=O) groups excluding carboxylic acids is 1. The van der Waals surface area contributed by atoms with Gasteiger partial charge in [-0.3, -0.25) is 4.79 Å². The molecule has 6 nitrogen and oxygen atoms in total. The Balaban J connectivity index is 2.04. The van der Waals surface area contributed by atoms with E-state index in [1.807, 2.05) is 13.8 Å². The molecule has 0 radical (unpaired) electrons. The van der Waals surface area contributed by atoms with Crippen molar-refractivity contribution < 1.29 is 17.9 Å². The maximum Gasteiger partial charge on any atom is 0.243 e. The van der Waals surface area contributed by atoms with Crippen LogP contribution in [0, 0.1) is 6.92 Å². The number of carbonyl (C=O) groups is 1. The molecule has 1 atom stereocenters. The Morgan fingerprint density at radius 1 is 1.35 bits per heavy atom. The lowest BCUT2D eigenvalue weighted by Crippen LogP contribution is -2.49. The minimum absolute atomic E-state index is 0.0340. The number of hydrogen-bond acceptors (Lipinski definition) is 4. The lowest BCUT2D eigenvalue weighted by molar-refractivity contribution is -0.138. The van der Waals surface area contributed by atoms with Crippen LogP contribution < -0.4 is 0 Å². The topological polar surface area (TPSA) is 66.9 Å². The number of amides is 1. The number of benzene rings is 1. The van der Waals surface area contributed by atoms with Crippen LogP contribution in [0.15, 0.2) is 29.2 Å². The Hall–Kier alpha value is -1.44. The van der Waals surface area contributed by atoms with E-state index in [1.165, 1.54) is 7.05 Å². The zero-order chi connectivity index (χ0) is 17.0. The molecule has 1 saturated heterocycles. The van der Waals surface area contributed by atoms with E-state index in [1.54, 1.807) is 29.2 Å². The normalized spacial score (nSPS) is 19.1. The molecule has 1 aromatic rings. The van der Waals surface area contributed by atoms with Gasteiger partial charge in [0.2, 0.25) is 15.9 Å². The number of nitrogens with zero attached hydrogens (tertiary/aromatic N) is 2. The van der Waals surface area contributed by atoms with Gasteiger partial charge < -0.3 is 9.64 Å². The van der Waals surface area contributed by atoms with Gasteiger partial charge >= 0.3 is 0 Å². The molecule has 0 aliphatic carbocycles. The molecule has 0 N–H and O–H groups in total. The van der Waals surface area contributed by atoms with Crippen LogP contribution in [0.2, 0.25) is 0 Å². The molecule has 2 rings (SSSR count). The highest BCUT2D eigenvalue weighted by Gasteiger charge is 2.28. The van der Waals surface area contributed by atoms with Crippen LogP contribution in [-0.2, 0) is 19.6 Å². The smallest absolute Gasteiger partial charge is 0.243 e. The van der Waals surface area contributed by atoms with Crippen LogP contribution in [0.5, 0.6) is 0 Å². The molecule has 1 aromatic carbocycles. The second-order valence-corrected chi connectivity index (χ2v) is 7.86. The summed E-state index contributed by atoms with van der Waals surface area (Å²) in [6.45, 7) is 5.27. The van der Waals surface area contributed by atoms with Crippen molar-refractivity contribution in [1.29, 1.82) is 0 Å². The Bertz CT molecular complexity index is 643. The molecule has 0 spiro atoms. The first-order valence-corrected chi connectivity index (χ1v) is 9.21. The van der Waals surface area contributed by atoms with E-state index in [9.17, 15) is 13.2 Å². The molecule has 0 aromatic heterocycles. The Morgan fingerprint density at radius 3 is 2.61 bits per heavy atom. The Labute approximate surface area is 138 Å². The lowest BCUT2D eigenvalue weighted by atomic mass is 10.2. The molecular weight excluding hydrogens is 316 g/mol. The lowest BCUT2D eigenvalue weighted by Gasteiger charge is -2.33. The van der Waals surface area contributed by atoms with Crippen LogP contribution in [0.1, 0.15) is 18.9 Å². The third-order valence-corrected chi connectivity index (χ3v) is 5.85. The van der Waals surface area contributed by atoms with Gasteiger partial charge in [-0.05, 0) is 25.5 Å². The van der Waals surface area contributed by atoms with Gasteiger partial charge in [0.25, 0.3) is 0 Å². The number of ether oxygens (including phenoxy) is 1. The fraction of sp³-hybridized carbons (Fsp3) is 0.562. The third-order valence-electron chi connectivity index (χ3n) is 4.03. The molecule has 0 saturated carbocycles. The van der Waals surface area contributed by atoms with Crippen molar-refractivity contribution in [1.82, 2.24) is 9.21 Å². The molecule has 23 heavy (non-hydrogen) atoms. The van der Waals surface area contributed by atoms with Gasteiger partial charge in [-0.25, -0.2) is 8.42 Å². The van der Waals surface area contributed by atoms with Gasteiger partial charge in [0.15, 0.2) is 0 Å². The highest BCUT2D eigenvalue weighted by molar-refractivity contribution is 7.89. The van der Waals surface area contributed by atoms with Crippen LogP contribution >= 0.6 is 0 Å². The Kier molecular flexibility index (Phi) is 5.78. The van der Waals surface area contributed by atoms with Gasteiger partial charge in [0.05, 0.1) is 24.2 Å². The van der Waals surface area contributed by atoms with Gasteiger partial charge in [-0.15, -0.1) is 0 Å². The standard InChI is InChI=1S/C16H24N2O4S/c1-4-14-11-18(9-10-22-14)16(19)12-17(3)23(20,21)15-7-5-13(2)6-8-15/h5-8,14H,4,9-12H2,1-3H3. The van der Waals surface area contributed by atoms with Crippen molar-refractivity contribution >= 4 is 15.9 Å². The second kappa shape index (κ2) is 7.42. The number of likely N-dealkylation sites (N-methyl/N-ethyl adjacent to an activating group) is 1. The SMILES string of the molecule is CCC1CN(C(=O)CN(C)S(=O)(=O)c2ccc(C)cc2)CCO1. The van der Waals surface area contributed by atoms with Gasteiger partial charge in [0.1, 0.15) is 0 Å². The van der Waals surface area contributed by atoms with E-state index in [4.69, 9.17) is 4.74 Å². The van der Waals surface area contributed by atoms with Gasteiger partial charge in [0, 0.05) is 20.1 Å². The largest absolute Gasteiger partial charge is 0.375 e. The minimum atomic E-state index is -3.65. The summed E-state index contributed by atoms with van der Waals surface area (Å²) in [6, 6.07) is 6.62. The zero-order valence-corrected chi connectivity index (χ0v) is 14.7. The van der Waals surface area contributed by atoms with Crippen molar-refractivity contribution in [2.24, 2.45) is 0 Å². The quantitative estimate of drug-likeness (QED) is 0.809. The van der Waals surface area contributed by atoms with Crippen molar-refractivity contribution in [3.05, 3.63) is 29.8 Å². The van der Waals surface area contributed by atoms with E-state index >= 15 is 0 Å². The molecular formula is C16H24N2O4S.